The highest BCUT2D eigenvalue weighted by Gasteiger charge is 1.96. The largest absolute Gasteiger partial charge is 0.397 e. The third-order valence-electron chi connectivity index (χ3n) is 1.77. The van der Waals surface area contributed by atoms with Crippen molar-refractivity contribution in [3.8, 4) is 0 Å². The van der Waals surface area contributed by atoms with Crippen LogP contribution in [0.15, 0.2) is 24.3 Å². The number of benzene rings is 1. The van der Waals surface area contributed by atoms with E-state index in [2.05, 4.69) is 0 Å². The molecule has 0 aromatic heterocycles. The molecule has 0 aliphatic rings. The van der Waals surface area contributed by atoms with Crippen molar-refractivity contribution in [3.05, 3.63) is 29.8 Å². The molecule has 0 saturated heterocycles. The summed E-state index contributed by atoms with van der Waals surface area (Å²) in [5.74, 6) is 0. The molecule has 0 amide bonds. The minimum Gasteiger partial charge on any atom is -0.397 e. The number of hydrogen-bond donors (Lipinski definition) is 3. The summed E-state index contributed by atoms with van der Waals surface area (Å²) >= 11 is 0. The minimum absolute atomic E-state index is 0.152. The second-order valence-corrected chi connectivity index (χ2v) is 2.76. The first-order valence-corrected chi connectivity index (χ1v) is 4.17. The van der Waals surface area contributed by atoms with Gasteiger partial charge >= 0.3 is 0 Å². The van der Waals surface area contributed by atoms with Crippen LogP contribution in [0.1, 0.15) is 12.0 Å². The summed E-state index contributed by atoms with van der Waals surface area (Å²) in [5.41, 5.74) is 13.4. The first-order valence-electron chi connectivity index (χ1n) is 4.17. The molecule has 3 heteroatoms. The Labute approximate surface area is 77.7 Å². The van der Waals surface area contributed by atoms with Gasteiger partial charge < -0.3 is 16.6 Å². The highest BCUT2D eigenvalue weighted by Crippen LogP contribution is 2.20. The van der Waals surface area contributed by atoms with E-state index in [4.69, 9.17) is 16.6 Å². The van der Waals surface area contributed by atoms with Gasteiger partial charge in [0.1, 0.15) is 0 Å². The molecule has 70 valence electrons. The Morgan fingerprint density at radius 1 is 1.31 bits per heavy atom. The van der Waals surface area contributed by atoms with Crippen molar-refractivity contribution in [1.29, 1.82) is 0 Å². The highest BCUT2D eigenvalue weighted by molar-refractivity contribution is 5.75. The Bertz CT molecular complexity index is 308. The first kappa shape index (κ1) is 9.61. The summed E-state index contributed by atoms with van der Waals surface area (Å²) < 4.78 is 0. The molecule has 0 fully saturated rings. The molecule has 0 atom stereocenters. The van der Waals surface area contributed by atoms with Gasteiger partial charge in [-0.2, -0.15) is 0 Å². The van der Waals surface area contributed by atoms with E-state index in [-0.39, 0.29) is 6.61 Å². The molecule has 13 heavy (non-hydrogen) atoms. The molecule has 3 nitrogen and oxygen atoms in total. The molecular weight excluding hydrogens is 164 g/mol. The second-order valence-electron chi connectivity index (χ2n) is 2.76. The molecule has 0 bridgehead atoms. The molecular formula is C10H14N2O. The summed E-state index contributed by atoms with van der Waals surface area (Å²) in [6.07, 6.45) is 4.36. The summed E-state index contributed by atoms with van der Waals surface area (Å²) in [5, 5.41) is 8.56. The number of aliphatic hydroxyl groups is 1. The fourth-order valence-corrected chi connectivity index (χ4v) is 1.03. The van der Waals surface area contributed by atoms with Crippen LogP contribution in [0, 0.1) is 0 Å². The lowest BCUT2D eigenvalue weighted by molar-refractivity contribution is 0.303. The van der Waals surface area contributed by atoms with Gasteiger partial charge in [-0.3, -0.25) is 0 Å². The lowest BCUT2D eigenvalue weighted by Crippen LogP contribution is -1.96. The van der Waals surface area contributed by atoms with Crippen molar-refractivity contribution in [2.45, 2.75) is 6.42 Å². The van der Waals surface area contributed by atoms with Gasteiger partial charge in [0.15, 0.2) is 0 Å². The fourth-order valence-electron chi connectivity index (χ4n) is 1.03. The van der Waals surface area contributed by atoms with Gasteiger partial charge in [0.05, 0.1) is 11.4 Å². The summed E-state index contributed by atoms with van der Waals surface area (Å²) in [6, 6.07) is 5.50. The molecule has 0 heterocycles. The molecule has 0 unspecified atom stereocenters. The van der Waals surface area contributed by atoms with Crippen LogP contribution < -0.4 is 11.5 Å². The molecule has 0 spiro atoms. The molecule has 0 radical (unpaired) electrons. The average molecular weight is 178 g/mol. The molecule has 1 aromatic rings. The predicted octanol–water partition coefficient (Wildman–Crippen LogP) is 1.25. The van der Waals surface area contributed by atoms with E-state index in [0.717, 1.165) is 5.56 Å². The zero-order valence-electron chi connectivity index (χ0n) is 7.40. The van der Waals surface area contributed by atoms with Crippen molar-refractivity contribution >= 4 is 17.5 Å². The van der Waals surface area contributed by atoms with Crippen molar-refractivity contribution in [3.63, 3.8) is 0 Å². The third-order valence-corrected chi connectivity index (χ3v) is 1.77. The van der Waals surface area contributed by atoms with Crippen LogP contribution in [0.2, 0.25) is 0 Å². The standard InChI is InChI=1S/C10H14N2O/c11-9-6-3-5-8(10(9)12)4-1-2-7-13/h1,3-6,13H,2,7,11-12H2. The number of aliphatic hydroxyl groups excluding tert-OH is 1. The number of para-hydroxylation sites is 1. The van der Waals surface area contributed by atoms with Gasteiger partial charge in [0, 0.05) is 6.61 Å². The van der Waals surface area contributed by atoms with Crippen LogP contribution in [0.5, 0.6) is 0 Å². The lowest BCUT2D eigenvalue weighted by atomic mass is 10.1. The Morgan fingerprint density at radius 2 is 2.08 bits per heavy atom. The fraction of sp³-hybridized carbons (Fsp3) is 0.200. The van der Waals surface area contributed by atoms with E-state index >= 15 is 0 Å². The number of nitrogens with two attached hydrogens (primary N) is 2. The van der Waals surface area contributed by atoms with E-state index in [1.807, 2.05) is 24.3 Å². The van der Waals surface area contributed by atoms with Crippen molar-refractivity contribution in [2.24, 2.45) is 0 Å². The smallest absolute Gasteiger partial charge is 0.0621 e. The highest BCUT2D eigenvalue weighted by atomic mass is 16.2. The molecule has 0 aliphatic carbocycles. The van der Waals surface area contributed by atoms with E-state index in [1.54, 1.807) is 6.07 Å². The molecule has 0 aliphatic heterocycles. The second kappa shape index (κ2) is 4.52. The molecule has 1 aromatic carbocycles. The van der Waals surface area contributed by atoms with Crippen molar-refractivity contribution in [1.82, 2.24) is 0 Å². The Hall–Kier alpha value is -1.48. The van der Waals surface area contributed by atoms with Crippen LogP contribution in [-0.2, 0) is 0 Å². The Kier molecular flexibility index (Phi) is 3.34. The van der Waals surface area contributed by atoms with Crippen molar-refractivity contribution < 1.29 is 5.11 Å². The maximum Gasteiger partial charge on any atom is 0.0621 e. The topological polar surface area (TPSA) is 72.3 Å². The van der Waals surface area contributed by atoms with Crippen molar-refractivity contribution in [2.75, 3.05) is 18.1 Å². The molecule has 5 N–H and O–H groups in total. The molecule has 0 saturated carbocycles. The minimum atomic E-state index is 0.152. The maximum atomic E-state index is 8.56. The predicted molar refractivity (Wildman–Crippen MR) is 56.0 cm³/mol. The van der Waals surface area contributed by atoms with Gasteiger partial charge in [-0.25, -0.2) is 0 Å². The summed E-state index contributed by atoms with van der Waals surface area (Å²) in [4.78, 5) is 0. The van der Waals surface area contributed by atoms with E-state index in [9.17, 15) is 0 Å². The monoisotopic (exact) mass is 178 g/mol. The van der Waals surface area contributed by atoms with Gasteiger partial charge in [-0.15, -0.1) is 0 Å². The van der Waals surface area contributed by atoms with Crippen LogP contribution in [0.25, 0.3) is 6.08 Å². The van der Waals surface area contributed by atoms with E-state index in [0.29, 0.717) is 17.8 Å². The van der Waals surface area contributed by atoms with Crippen LogP contribution in [0.4, 0.5) is 11.4 Å². The number of hydrogen-bond acceptors (Lipinski definition) is 3. The van der Waals surface area contributed by atoms with Crippen LogP contribution in [-0.4, -0.2) is 11.7 Å². The zero-order chi connectivity index (χ0) is 9.68. The first-order chi connectivity index (χ1) is 6.25. The van der Waals surface area contributed by atoms with Gasteiger partial charge in [0.2, 0.25) is 0 Å². The quantitative estimate of drug-likeness (QED) is 0.610. The SMILES string of the molecule is Nc1cccc(C=CCCO)c1N. The average Bonchev–Trinajstić information content (AvgIpc) is 2.13. The summed E-state index contributed by atoms with van der Waals surface area (Å²) in [6.45, 7) is 0.152. The van der Waals surface area contributed by atoms with Gasteiger partial charge in [-0.1, -0.05) is 24.3 Å². The third kappa shape index (κ3) is 2.49. The van der Waals surface area contributed by atoms with Gasteiger partial charge in [0.25, 0.3) is 0 Å². The Morgan fingerprint density at radius 3 is 2.77 bits per heavy atom. The van der Waals surface area contributed by atoms with E-state index in [1.165, 1.54) is 0 Å². The Balaban J connectivity index is 2.83. The molecule has 1 rings (SSSR count). The number of anilines is 2. The normalized spacial score (nSPS) is 10.8. The van der Waals surface area contributed by atoms with Gasteiger partial charge in [-0.05, 0) is 18.1 Å². The number of nitrogen functional groups attached to an aromatic ring is 2. The van der Waals surface area contributed by atoms with Crippen LogP contribution >= 0.6 is 0 Å². The van der Waals surface area contributed by atoms with Crippen LogP contribution in [0.3, 0.4) is 0 Å². The summed E-state index contributed by atoms with van der Waals surface area (Å²) in [7, 11) is 0. The number of rotatable bonds is 3. The lowest BCUT2D eigenvalue weighted by Gasteiger charge is -2.02. The van der Waals surface area contributed by atoms with E-state index < -0.39 is 0 Å². The zero-order valence-corrected chi connectivity index (χ0v) is 7.40. The maximum absolute atomic E-state index is 8.56.